The molecular formula is C19H36N4O4. The van der Waals surface area contributed by atoms with Gasteiger partial charge in [-0.3, -0.25) is 4.90 Å². The van der Waals surface area contributed by atoms with E-state index in [1.807, 2.05) is 4.90 Å². The van der Waals surface area contributed by atoms with Crippen molar-refractivity contribution < 1.29 is 19.8 Å². The van der Waals surface area contributed by atoms with Crippen LogP contribution in [0.1, 0.15) is 51.4 Å². The molecule has 1 saturated carbocycles. The van der Waals surface area contributed by atoms with Gasteiger partial charge in [-0.15, -0.1) is 0 Å². The van der Waals surface area contributed by atoms with Gasteiger partial charge in [0, 0.05) is 32.2 Å². The number of rotatable bonds is 4. The lowest BCUT2D eigenvalue weighted by molar-refractivity contribution is 0.129. The van der Waals surface area contributed by atoms with Gasteiger partial charge in [0.25, 0.3) is 0 Å². The Bertz CT molecular complexity index is 439. The van der Waals surface area contributed by atoms with Gasteiger partial charge in [0.15, 0.2) is 0 Å². The summed E-state index contributed by atoms with van der Waals surface area (Å²) in [4.78, 5) is 25.5. The summed E-state index contributed by atoms with van der Waals surface area (Å²) in [5, 5.41) is 20.6. The summed E-state index contributed by atoms with van der Waals surface area (Å²) in [5.41, 5.74) is 0. The topological polar surface area (TPSA) is 105 Å². The number of nitrogens with zero attached hydrogens (tertiary/aromatic N) is 2. The molecule has 3 aliphatic rings. The molecule has 1 aliphatic carbocycles. The Hall–Kier alpha value is -1.54. The maximum absolute atomic E-state index is 12.4. The van der Waals surface area contributed by atoms with Crippen LogP contribution in [0.2, 0.25) is 0 Å². The zero-order chi connectivity index (χ0) is 19.5. The Morgan fingerprint density at radius 3 is 2.11 bits per heavy atom. The normalized spacial score (nSPS) is 22.6. The van der Waals surface area contributed by atoms with Gasteiger partial charge in [0.2, 0.25) is 0 Å². The van der Waals surface area contributed by atoms with E-state index < -0.39 is 6.16 Å². The summed E-state index contributed by atoms with van der Waals surface area (Å²) in [5.74, 6) is 0.906. The van der Waals surface area contributed by atoms with Crippen molar-refractivity contribution in [3.05, 3.63) is 0 Å². The van der Waals surface area contributed by atoms with Gasteiger partial charge in [-0.2, -0.15) is 0 Å². The molecule has 0 aromatic heterocycles. The maximum atomic E-state index is 12.4. The molecule has 2 saturated heterocycles. The van der Waals surface area contributed by atoms with Crippen molar-refractivity contribution in [1.29, 1.82) is 0 Å². The second kappa shape index (κ2) is 12.0. The van der Waals surface area contributed by atoms with Crippen molar-refractivity contribution in [2.45, 2.75) is 57.4 Å². The fourth-order valence-corrected chi connectivity index (χ4v) is 4.22. The largest absolute Gasteiger partial charge is 0.503 e. The van der Waals surface area contributed by atoms with Crippen LogP contribution in [0.25, 0.3) is 0 Å². The highest BCUT2D eigenvalue weighted by Gasteiger charge is 2.24. The molecule has 0 aromatic carbocycles. The minimum Gasteiger partial charge on any atom is -0.450 e. The Morgan fingerprint density at radius 1 is 0.926 bits per heavy atom. The van der Waals surface area contributed by atoms with E-state index in [9.17, 15) is 4.79 Å². The van der Waals surface area contributed by atoms with Crippen LogP contribution in [-0.4, -0.2) is 84.1 Å². The SMILES string of the molecule is O=C(NC1CCCCC1)N1CCN(CCC2CCNCC2)CC1.O=C(O)O. The second-order valence-corrected chi connectivity index (χ2v) is 7.88. The van der Waals surface area contributed by atoms with Crippen LogP contribution >= 0.6 is 0 Å². The summed E-state index contributed by atoms with van der Waals surface area (Å²) in [7, 11) is 0. The highest BCUT2D eigenvalue weighted by Crippen LogP contribution is 2.18. The average molecular weight is 385 g/mol. The predicted octanol–water partition coefficient (Wildman–Crippen LogP) is 2.26. The van der Waals surface area contributed by atoms with Crippen LogP contribution in [0.4, 0.5) is 9.59 Å². The number of carbonyl (C=O) groups excluding carboxylic acids is 1. The third kappa shape index (κ3) is 8.79. The molecule has 0 unspecified atom stereocenters. The first-order chi connectivity index (χ1) is 13.0. The number of carboxylic acid groups (broad SMARTS) is 2. The number of amides is 2. The van der Waals surface area contributed by atoms with Crippen LogP contribution in [0, 0.1) is 5.92 Å². The minimum atomic E-state index is -1.83. The Kier molecular flexibility index (Phi) is 9.69. The third-order valence-corrected chi connectivity index (χ3v) is 5.90. The molecule has 0 radical (unpaired) electrons. The predicted molar refractivity (Wildman–Crippen MR) is 104 cm³/mol. The Labute approximate surface area is 162 Å². The summed E-state index contributed by atoms with van der Waals surface area (Å²) < 4.78 is 0. The zero-order valence-corrected chi connectivity index (χ0v) is 16.4. The molecule has 8 heteroatoms. The van der Waals surface area contributed by atoms with E-state index >= 15 is 0 Å². The van der Waals surface area contributed by atoms with Crippen LogP contribution in [0.15, 0.2) is 0 Å². The van der Waals surface area contributed by atoms with Crippen molar-refractivity contribution in [3.8, 4) is 0 Å². The Morgan fingerprint density at radius 2 is 1.52 bits per heavy atom. The van der Waals surface area contributed by atoms with E-state index in [0.717, 1.165) is 32.1 Å². The smallest absolute Gasteiger partial charge is 0.450 e. The van der Waals surface area contributed by atoms with Crippen molar-refractivity contribution in [2.75, 3.05) is 45.8 Å². The van der Waals surface area contributed by atoms with E-state index in [4.69, 9.17) is 15.0 Å². The highest BCUT2D eigenvalue weighted by molar-refractivity contribution is 5.74. The molecule has 156 valence electrons. The average Bonchev–Trinajstić information content (AvgIpc) is 2.68. The molecule has 4 N–H and O–H groups in total. The molecule has 0 bridgehead atoms. The minimum absolute atomic E-state index is 0.176. The molecule has 0 spiro atoms. The van der Waals surface area contributed by atoms with E-state index in [-0.39, 0.29) is 6.03 Å². The fourth-order valence-electron chi connectivity index (χ4n) is 4.22. The van der Waals surface area contributed by atoms with Crippen LogP contribution in [0.5, 0.6) is 0 Å². The number of hydrogen-bond acceptors (Lipinski definition) is 4. The fraction of sp³-hybridized carbons (Fsp3) is 0.895. The van der Waals surface area contributed by atoms with Crippen molar-refractivity contribution in [1.82, 2.24) is 20.4 Å². The van der Waals surface area contributed by atoms with Gasteiger partial charge in [0.1, 0.15) is 0 Å². The van der Waals surface area contributed by atoms with Gasteiger partial charge in [-0.05, 0) is 57.7 Å². The molecule has 27 heavy (non-hydrogen) atoms. The van der Waals surface area contributed by atoms with E-state index in [0.29, 0.717) is 6.04 Å². The summed E-state index contributed by atoms with van der Waals surface area (Å²) in [6, 6.07) is 0.601. The second-order valence-electron chi connectivity index (χ2n) is 7.88. The molecule has 2 heterocycles. The lowest BCUT2D eigenvalue weighted by atomic mass is 9.94. The molecule has 3 rings (SSSR count). The van der Waals surface area contributed by atoms with Crippen molar-refractivity contribution >= 4 is 12.2 Å². The number of carbonyl (C=O) groups is 2. The summed E-state index contributed by atoms with van der Waals surface area (Å²) in [6.45, 7) is 7.48. The van der Waals surface area contributed by atoms with E-state index in [1.165, 1.54) is 71.0 Å². The van der Waals surface area contributed by atoms with E-state index in [1.54, 1.807) is 0 Å². The van der Waals surface area contributed by atoms with Gasteiger partial charge in [-0.1, -0.05) is 19.3 Å². The monoisotopic (exact) mass is 384 g/mol. The molecule has 0 aromatic rings. The summed E-state index contributed by atoms with van der Waals surface area (Å²) in [6.07, 6.45) is 8.39. The molecule has 2 amide bonds. The summed E-state index contributed by atoms with van der Waals surface area (Å²) >= 11 is 0. The molecule has 2 aliphatic heterocycles. The third-order valence-electron chi connectivity index (χ3n) is 5.90. The van der Waals surface area contributed by atoms with Crippen LogP contribution in [-0.2, 0) is 0 Å². The Balaban J connectivity index is 0.000000596. The van der Waals surface area contributed by atoms with Gasteiger partial charge in [0.05, 0.1) is 0 Å². The highest BCUT2D eigenvalue weighted by atomic mass is 16.6. The van der Waals surface area contributed by atoms with Crippen molar-refractivity contribution in [2.24, 2.45) is 5.92 Å². The van der Waals surface area contributed by atoms with Gasteiger partial charge < -0.3 is 25.7 Å². The van der Waals surface area contributed by atoms with Gasteiger partial charge in [-0.25, -0.2) is 9.59 Å². The first-order valence-electron chi connectivity index (χ1n) is 10.4. The van der Waals surface area contributed by atoms with E-state index in [2.05, 4.69) is 15.5 Å². The standard InChI is InChI=1S/C18H34N4O.CH2O3/c23-18(20-17-4-2-1-3-5-17)22-14-12-21(13-15-22)11-8-16-6-9-19-10-7-16;2-1(3)4/h16-17,19H,1-15H2,(H,20,23);(H2,2,3,4). The number of piperazine rings is 1. The number of hydrogen-bond donors (Lipinski definition) is 4. The first-order valence-corrected chi connectivity index (χ1v) is 10.4. The van der Waals surface area contributed by atoms with Crippen molar-refractivity contribution in [3.63, 3.8) is 0 Å². The number of urea groups is 1. The van der Waals surface area contributed by atoms with Gasteiger partial charge >= 0.3 is 12.2 Å². The molecule has 8 nitrogen and oxygen atoms in total. The zero-order valence-electron chi connectivity index (χ0n) is 16.4. The maximum Gasteiger partial charge on any atom is 0.503 e. The van der Waals surface area contributed by atoms with Crippen LogP contribution in [0.3, 0.4) is 0 Å². The number of piperidine rings is 1. The quantitative estimate of drug-likeness (QED) is 0.593. The lowest BCUT2D eigenvalue weighted by Gasteiger charge is -2.36. The van der Waals surface area contributed by atoms with Crippen LogP contribution < -0.4 is 10.6 Å². The molecule has 0 atom stereocenters. The molecule has 3 fully saturated rings. The molecular weight excluding hydrogens is 348 g/mol. The first kappa shape index (κ1) is 21.8. The number of nitrogens with one attached hydrogen (secondary N) is 2. The lowest BCUT2D eigenvalue weighted by Crippen LogP contribution is -2.53.